The van der Waals surface area contributed by atoms with E-state index in [2.05, 4.69) is 4.98 Å². The lowest BCUT2D eigenvalue weighted by Crippen LogP contribution is -2.14. The second-order valence-electron chi connectivity index (χ2n) is 4.98. The number of carboxylic acids is 1. The number of carboxylic acid groups (broad SMARTS) is 1. The first-order valence-electron chi connectivity index (χ1n) is 6.59. The van der Waals surface area contributed by atoms with Crippen LogP contribution in [0, 0.1) is 0 Å². The molecule has 5 heteroatoms. The highest BCUT2D eigenvalue weighted by Crippen LogP contribution is 2.27. The van der Waals surface area contributed by atoms with Gasteiger partial charge in [-0.05, 0) is 37.9 Å². The van der Waals surface area contributed by atoms with Crippen molar-refractivity contribution in [2.24, 2.45) is 0 Å². The van der Waals surface area contributed by atoms with Gasteiger partial charge in [0.25, 0.3) is 0 Å². The maximum absolute atomic E-state index is 10.7. The van der Waals surface area contributed by atoms with Crippen LogP contribution in [-0.2, 0) is 11.3 Å². The first-order chi connectivity index (χ1) is 10.1. The Morgan fingerprint density at radius 3 is 2.71 bits per heavy atom. The van der Waals surface area contributed by atoms with E-state index in [1.54, 1.807) is 12.4 Å². The normalized spacial score (nSPS) is 10.6. The van der Waals surface area contributed by atoms with Gasteiger partial charge in [-0.25, -0.2) is 4.79 Å². The summed E-state index contributed by atoms with van der Waals surface area (Å²) in [6.45, 7) is 0.329. The summed E-state index contributed by atoms with van der Waals surface area (Å²) in [4.78, 5) is 16.8. The number of hydrogen-bond donors (Lipinski definition) is 1. The topological polar surface area (TPSA) is 62.7 Å². The van der Waals surface area contributed by atoms with Crippen LogP contribution in [0.15, 0.2) is 42.7 Å². The third-order valence-electron chi connectivity index (χ3n) is 2.89. The van der Waals surface area contributed by atoms with E-state index in [-0.39, 0.29) is 6.61 Å². The molecule has 110 valence electrons. The van der Waals surface area contributed by atoms with Gasteiger partial charge in [0.1, 0.15) is 5.75 Å². The molecule has 0 aliphatic heterocycles. The summed E-state index contributed by atoms with van der Waals surface area (Å²) in [6, 6.07) is 9.60. The van der Waals surface area contributed by atoms with Crippen LogP contribution in [0.25, 0.3) is 11.1 Å². The number of pyridine rings is 1. The highest BCUT2D eigenvalue weighted by Gasteiger charge is 2.09. The van der Waals surface area contributed by atoms with Crippen LogP contribution < -0.4 is 4.74 Å². The van der Waals surface area contributed by atoms with E-state index < -0.39 is 5.97 Å². The molecule has 0 spiro atoms. The minimum Gasteiger partial charge on any atom is -0.482 e. The Hall–Kier alpha value is -2.40. The van der Waals surface area contributed by atoms with Gasteiger partial charge in [0, 0.05) is 30.1 Å². The molecule has 0 aliphatic carbocycles. The third kappa shape index (κ3) is 4.29. The number of carbonyl (C=O) groups is 1. The van der Waals surface area contributed by atoms with Gasteiger partial charge in [-0.3, -0.25) is 4.98 Å². The smallest absolute Gasteiger partial charge is 0.341 e. The van der Waals surface area contributed by atoms with Crippen molar-refractivity contribution in [2.75, 3.05) is 20.7 Å². The van der Waals surface area contributed by atoms with Gasteiger partial charge in [0.2, 0.25) is 0 Å². The number of aliphatic carboxylic acids is 1. The number of ether oxygens (including phenoxy) is 1. The van der Waals surface area contributed by atoms with E-state index in [9.17, 15) is 4.79 Å². The lowest BCUT2D eigenvalue weighted by molar-refractivity contribution is -0.139. The predicted octanol–water partition coefficient (Wildman–Crippen LogP) is 2.27. The summed E-state index contributed by atoms with van der Waals surface area (Å²) < 4.78 is 5.35. The molecule has 0 atom stereocenters. The van der Waals surface area contributed by atoms with Crippen LogP contribution >= 0.6 is 0 Å². The van der Waals surface area contributed by atoms with Crippen molar-refractivity contribution < 1.29 is 14.6 Å². The average molecular weight is 286 g/mol. The molecule has 2 aromatic rings. The minimum absolute atomic E-state index is 0.341. The summed E-state index contributed by atoms with van der Waals surface area (Å²) in [5.74, 6) is -0.388. The summed E-state index contributed by atoms with van der Waals surface area (Å²) >= 11 is 0. The fourth-order valence-electron chi connectivity index (χ4n) is 2.04. The molecule has 0 radical (unpaired) electrons. The SMILES string of the molecule is CN(C)Cc1cc(-c2cccnc2)ccc1OCC(=O)O. The van der Waals surface area contributed by atoms with Crippen LogP contribution in [0.2, 0.25) is 0 Å². The highest BCUT2D eigenvalue weighted by molar-refractivity contribution is 5.69. The van der Waals surface area contributed by atoms with E-state index in [0.717, 1.165) is 16.7 Å². The molecular weight excluding hydrogens is 268 g/mol. The lowest BCUT2D eigenvalue weighted by Gasteiger charge is -2.15. The lowest BCUT2D eigenvalue weighted by atomic mass is 10.0. The van der Waals surface area contributed by atoms with Gasteiger partial charge in [-0.2, -0.15) is 0 Å². The quantitative estimate of drug-likeness (QED) is 0.882. The Kier molecular flexibility index (Phi) is 4.90. The van der Waals surface area contributed by atoms with Crippen LogP contribution in [0.1, 0.15) is 5.56 Å². The molecule has 1 aromatic heterocycles. The highest BCUT2D eigenvalue weighted by atomic mass is 16.5. The van der Waals surface area contributed by atoms with E-state index in [4.69, 9.17) is 9.84 Å². The Morgan fingerprint density at radius 2 is 2.10 bits per heavy atom. The maximum Gasteiger partial charge on any atom is 0.341 e. The fraction of sp³-hybridized carbons (Fsp3) is 0.250. The van der Waals surface area contributed by atoms with Gasteiger partial charge in [-0.15, -0.1) is 0 Å². The molecule has 1 N–H and O–H groups in total. The molecule has 0 fully saturated rings. The van der Waals surface area contributed by atoms with E-state index in [1.165, 1.54) is 0 Å². The Bertz CT molecular complexity index is 612. The van der Waals surface area contributed by atoms with E-state index in [1.807, 2.05) is 49.3 Å². The molecule has 2 rings (SSSR count). The number of rotatable bonds is 6. The van der Waals surface area contributed by atoms with Gasteiger partial charge < -0.3 is 14.7 Å². The molecule has 5 nitrogen and oxygen atoms in total. The summed E-state index contributed by atoms with van der Waals surface area (Å²) in [5.41, 5.74) is 2.99. The number of benzene rings is 1. The van der Waals surface area contributed by atoms with Crippen molar-refractivity contribution in [1.82, 2.24) is 9.88 Å². The first-order valence-corrected chi connectivity index (χ1v) is 6.59. The van der Waals surface area contributed by atoms with Crippen molar-refractivity contribution in [1.29, 1.82) is 0 Å². The second-order valence-corrected chi connectivity index (χ2v) is 4.98. The van der Waals surface area contributed by atoms with Crippen molar-refractivity contribution >= 4 is 5.97 Å². The Labute approximate surface area is 123 Å². The third-order valence-corrected chi connectivity index (χ3v) is 2.89. The second kappa shape index (κ2) is 6.85. The molecule has 0 aliphatic rings. The predicted molar refractivity (Wildman–Crippen MR) is 80.2 cm³/mol. The molecule has 21 heavy (non-hydrogen) atoms. The summed E-state index contributed by atoms with van der Waals surface area (Å²) in [5, 5.41) is 8.74. The largest absolute Gasteiger partial charge is 0.482 e. The standard InChI is InChI=1S/C16H18N2O3/c1-18(2)10-14-8-12(13-4-3-7-17-9-13)5-6-15(14)21-11-16(19)20/h3-9H,10-11H2,1-2H3,(H,19,20). The molecule has 0 unspecified atom stereocenters. The molecule has 1 aromatic carbocycles. The van der Waals surface area contributed by atoms with Gasteiger partial charge in [-0.1, -0.05) is 12.1 Å². The van der Waals surface area contributed by atoms with Crippen LogP contribution in [0.4, 0.5) is 0 Å². The summed E-state index contributed by atoms with van der Waals surface area (Å²) in [7, 11) is 3.91. The van der Waals surface area contributed by atoms with Crippen molar-refractivity contribution in [3.8, 4) is 16.9 Å². The maximum atomic E-state index is 10.7. The first kappa shape index (κ1) is 15.0. The molecule has 1 heterocycles. The zero-order chi connectivity index (χ0) is 15.2. The Balaban J connectivity index is 2.32. The zero-order valence-corrected chi connectivity index (χ0v) is 12.1. The van der Waals surface area contributed by atoms with Crippen LogP contribution in [0.3, 0.4) is 0 Å². The summed E-state index contributed by atoms with van der Waals surface area (Å²) in [6.07, 6.45) is 3.53. The van der Waals surface area contributed by atoms with Crippen molar-refractivity contribution in [2.45, 2.75) is 6.54 Å². The van der Waals surface area contributed by atoms with E-state index in [0.29, 0.717) is 12.3 Å². The molecule has 0 saturated carbocycles. The van der Waals surface area contributed by atoms with E-state index >= 15 is 0 Å². The minimum atomic E-state index is -0.984. The molecular formula is C16H18N2O3. The number of nitrogens with zero attached hydrogens (tertiary/aromatic N) is 2. The van der Waals surface area contributed by atoms with Crippen molar-refractivity contribution in [3.63, 3.8) is 0 Å². The number of aromatic nitrogens is 1. The van der Waals surface area contributed by atoms with Crippen molar-refractivity contribution in [3.05, 3.63) is 48.3 Å². The van der Waals surface area contributed by atoms with Crippen LogP contribution in [-0.4, -0.2) is 41.7 Å². The van der Waals surface area contributed by atoms with Gasteiger partial charge in [0.15, 0.2) is 6.61 Å². The van der Waals surface area contributed by atoms with Gasteiger partial charge >= 0.3 is 5.97 Å². The monoisotopic (exact) mass is 286 g/mol. The fourth-order valence-corrected chi connectivity index (χ4v) is 2.04. The van der Waals surface area contributed by atoms with Crippen LogP contribution in [0.5, 0.6) is 5.75 Å². The Morgan fingerprint density at radius 1 is 1.29 bits per heavy atom. The molecule has 0 saturated heterocycles. The zero-order valence-electron chi connectivity index (χ0n) is 12.1. The van der Waals surface area contributed by atoms with Gasteiger partial charge in [0.05, 0.1) is 0 Å². The number of hydrogen-bond acceptors (Lipinski definition) is 4. The average Bonchev–Trinajstić information content (AvgIpc) is 2.46. The molecule has 0 amide bonds. The molecule has 0 bridgehead atoms.